The van der Waals surface area contributed by atoms with E-state index >= 15 is 0 Å². The molecule has 6 nitrogen and oxygen atoms in total. The molecule has 1 aromatic carbocycles. The van der Waals surface area contributed by atoms with E-state index in [1.807, 2.05) is 0 Å². The number of benzene rings is 1. The first-order chi connectivity index (χ1) is 13.5. The molecule has 2 saturated carbocycles. The average Bonchev–Trinajstić information content (AvgIpc) is 3.48. The van der Waals surface area contributed by atoms with Gasteiger partial charge in [0.25, 0.3) is 0 Å². The Hall–Kier alpha value is -2.28. The van der Waals surface area contributed by atoms with Crippen molar-refractivity contribution >= 4 is 39.5 Å². The molecule has 0 aromatic heterocycles. The van der Waals surface area contributed by atoms with E-state index in [2.05, 4.69) is 28.1 Å². The third-order valence-electron chi connectivity index (χ3n) is 6.57. The van der Waals surface area contributed by atoms with Crippen molar-refractivity contribution in [3.8, 4) is 0 Å². The van der Waals surface area contributed by atoms with Crippen LogP contribution in [0.1, 0.15) is 16.8 Å². The number of carbonyl (C=O) groups is 4. The summed E-state index contributed by atoms with van der Waals surface area (Å²) in [6.07, 6.45) is 5.27. The van der Waals surface area contributed by atoms with Crippen LogP contribution < -0.4 is 0 Å². The Morgan fingerprint density at radius 2 is 1.57 bits per heavy atom. The van der Waals surface area contributed by atoms with E-state index in [0.717, 1.165) is 15.8 Å². The smallest absolute Gasteiger partial charge is 0.326 e. The number of ether oxygens (including phenoxy) is 1. The van der Waals surface area contributed by atoms with Crippen molar-refractivity contribution in [2.24, 2.45) is 35.5 Å². The number of nitrogens with zero attached hydrogens (tertiary/aromatic N) is 1. The highest BCUT2D eigenvalue weighted by atomic mass is 79.9. The van der Waals surface area contributed by atoms with Crippen LogP contribution >= 0.6 is 15.9 Å². The van der Waals surface area contributed by atoms with Crippen LogP contribution in [0.15, 0.2) is 40.9 Å². The Kier molecular flexibility index (Phi) is 4.05. The number of likely N-dealkylation sites (tertiary alicyclic amines) is 1. The van der Waals surface area contributed by atoms with Crippen LogP contribution in [0.25, 0.3) is 0 Å². The van der Waals surface area contributed by atoms with Crippen molar-refractivity contribution in [3.05, 3.63) is 46.5 Å². The summed E-state index contributed by atoms with van der Waals surface area (Å²) in [7, 11) is 0. The maximum atomic E-state index is 12.8. The highest BCUT2D eigenvalue weighted by Gasteiger charge is 2.67. The third-order valence-corrected chi connectivity index (χ3v) is 7.10. The highest BCUT2D eigenvalue weighted by molar-refractivity contribution is 9.10. The van der Waals surface area contributed by atoms with E-state index in [4.69, 9.17) is 4.74 Å². The van der Waals surface area contributed by atoms with Gasteiger partial charge in [-0.05, 0) is 42.2 Å². The molecule has 4 aliphatic carbocycles. The average molecular weight is 444 g/mol. The van der Waals surface area contributed by atoms with Gasteiger partial charge in [-0.2, -0.15) is 0 Å². The zero-order valence-electron chi connectivity index (χ0n) is 14.9. The van der Waals surface area contributed by atoms with Gasteiger partial charge in [0.1, 0.15) is 6.54 Å². The van der Waals surface area contributed by atoms with Gasteiger partial charge in [0.2, 0.25) is 11.8 Å². The van der Waals surface area contributed by atoms with Gasteiger partial charge < -0.3 is 4.74 Å². The lowest BCUT2D eigenvalue weighted by Crippen LogP contribution is -2.40. The number of Topliss-reactive ketones (excluding diaryl/α,β-unsaturated/α-hetero) is 1. The molecule has 6 rings (SSSR count). The number of halogens is 1. The molecule has 2 bridgehead atoms. The molecule has 1 aliphatic heterocycles. The Balaban J connectivity index is 1.21. The van der Waals surface area contributed by atoms with Gasteiger partial charge in [0.15, 0.2) is 12.4 Å². The fourth-order valence-corrected chi connectivity index (χ4v) is 5.48. The van der Waals surface area contributed by atoms with E-state index in [1.54, 1.807) is 24.3 Å². The molecule has 1 saturated heterocycles. The second kappa shape index (κ2) is 6.37. The topological polar surface area (TPSA) is 80.8 Å². The zero-order chi connectivity index (χ0) is 19.6. The molecule has 3 fully saturated rings. The van der Waals surface area contributed by atoms with Gasteiger partial charge in [-0.15, -0.1) is 0 Å². The van der Waals surface area contributed by atoms with Crippen LogP contribution in [0.5, 0.6) is 0 Å². The summed E-state index contributed by atoms with van der Waals surface area (Å²) in [6.45, 7) is -0.840. The number of hydrogen-bond acceptors (Lipinski definition) is 5. The van der Waals surface area contributed by atoms with Crippen LogP contribution in [-0.4, -0.2) is 41.6 Å². The normalized spacial score (nSPS) is 34.2. The molecule has 7 heteroatoms. The minimum Gasteiger partial charge on any atom is -0.456 e. The van der Waals surface area contributed by atoms with Crippen molar-refractivity contribution in [3.63, 3.8) is 0 Å². The Morgan fingerprint density at radius 3 is 2.14 bits per heavy atom. The monoisotopic (exact) mass is 443 g/mol. The number of carbonyl (C=O) groups excluding carboxylic acids is 4. The van der Waals surface area contributed by atoms with Gasteiger partial charge in [-0.3, -0.25) is 24.1 Å². The SMILES string of the molecule is O=C(CN1C(=O)[C@@H]2[C@@H]3C=C[C@H]([C@H]4C[C@H]34)[C@@H]2C1=O)OCC(=O)c1ccc(Br)cc1. The first kappa shape index (κ1) is 17.8. The molecule has 2 amide bonds. The van der Waals surface area contributed by atoms with Crippen LogP contribution in [0, 0.1) is 35.5 Å². The van der Waals surface area contributed by atoms with E-state index in [0.29, 0.717) is 17.4 Å². The molecule has 1 heterocycles. The predicted octanol–water partition coefficient (Wildman–Crippen LogP) is 2.23. The van der Waals surface area contributed by atoms with Gasteiger partial charge >= 0.3 is 5.97 Å². The number of esters is 1. The van der Waals surface area contributed by atoms with Crippen LogP contribution in [-0.2, 0) is 19.1 Å². The maximum Gasteiger partial charge on any atom is 0.326 e. The molecule has 0 spiro atoms. The summed E-state index contributed by atoms with van der Waals surface area (Å²) in [4.78, 5) is 51.0. The summed E-state index contributed by atoms with van der Waals surface area (Å²) in [5.74, 6) is -0.995. The van der Waals surface area contributed by atoms with Crippen LogP contribution in [0.4, 0.5) is 0 Å². The van der Waals surface area contributed by atoms with E-state index < -0.39 is 19.1 Å². The van der Waals surface area contributed by atoms with Crippen molar-refractivity contribution in [2.75, 3.05) is 13.2 Å². The number of amides is 2. The molecule has 6 atom stereocenters. The van der Waals surface area contributed by atoms with Crippen molar-refractivity contribution in [1.82, 2.24) is 4.90 Å². The summed E-state index contributed by atoms with van der Waals surface area (Å²) < 4.78 is 5.88. The lowest BCUT2D eigenvalue weighted by molar-refractivity contribution is -0.152. The molecule has 0 unspecified atom stereocenters. The largest absolute Gasteiger partial charge is 0.456 e. The number of imide groups is 1. The number of hydrogen-bond donors (Lipinski definition) is 0. The minimum absolute atomic E-state index is 0.122. The zero-order valence-corrected chi connectivity index (χ0v) is 16.5. The highest BCUT2D eigenvalue weighted by Crippen LogP contribution is 2.65. The fraction of sp³-hybridized carbons (Fsp3) is 0.429. The Morgan fingerprint density at radius 1 is 1.00 bits per heavy atom. The Labute approximate surface area is 170 Å². The molecular weight excluding hydrogens is 426 g/mol. The predicted molar refractivity (Wildman–Crippen MR) is 101 cm³/mol. The second-order valence-corrected chi connectivity index (χ2v) is 8.92. The van der Waals surface area contributed by atoms with Crippen molar-refractivity contribution in [2.45, 2.75) is 6.42 Å². The lowest BCUT2D eigenvalue weighted by Gasteiger charge is -2.37. The lowest BCUT2D eigenvalue weighted by atomic mass is 9.63. The van der Waals surface area contributed by atoms with Crippen molar-refractivity contribution in [1.29, 1.82) is 0 Å². The summed E-state index contributed by atoms with van der Waals surface area (Å²) in [5, 5.41) is 0. The van der Waals surface area contributed by atoms with Gasteiger partial charge in [0.05, 0.1) is 11.8 Å². The molecular formula is C21H18BrNO5. The first-order valence-corrected chi connectivity index (χ1v) is 10.2. The number of allylic oxidation sites excluding steroid dienone is 2. The first-order valence-electron chi connectivity index (χ1n) is 9.43. The molecule has 144 valence electrons. The van der Waals surface area contributed by atoms with Gasteiger partial charge in [0, 0.05) is 10.0 Å². The summed E-state index contributed by atoms with van der Waals surface area (Å²) in [5.41, 5.74) is 0.428. The maximum absolute atomic E-state index is 12.8. The molecule has 0 radical (unpaired) electrons. The fourth-order valence-electron chi connectivity index (χ4n) is 5.21. The van der Waals surface area contributed by atoms with Gasteiger partial charge in [-0.1, -0.05) is 40.2 Å². The van der Waals surface area contributed by atoms with Crippen LogP contribution in [0.3, 0.4) is 0 Å². The summed E-state index contributed by atoms with van der Waals surface area (Å²) >= 11 is 3.29. The van der Waals surface area contributed by atoms with Crippen molar-refractivity contribution < 1.29 is 23.9 Å². The second-order valence-electron chi connectivity index (χ2n) is 8.01. The molecule has 1 aromatic rings. The number of ketones is 1. The molecule has 28 heavy (non-hydrogen) atoms. The number of rotatable bonds is 5. The molecule has 0 N–H and O–H groups in total. The molecule has 5 aliphatic rings. The Bertz CT molecular complexity index is 887. The van der Waals surface area contributed by atoms with Gasteiger partial charge in [-0.25, -0.2) is 0 Å². The summed E-state index contributed by atoms with van der Waals surface area (Å²) in [6, 6.07) is 6.72. The minimum atomic E-state index is -0.740. The third kappa shape index (κ3) is 2.67. The van der Waals surface area contributed by atoms with E-state index in [9.17, 15) is 19.2 Å². The van der Waals surface area contributed by atoms with E-state index in [1.165, 1.54) is 0 Å². The quantitative estimate of drug-likeness (QED) is 0.301. The standard InChI is InChI=1S/C21H18BrNO5/c22-11-3-1-10(2-4-11)16(24)9-28-17(25)8-23-20(26)18-12-5-6-13(15-7-14(12)15)19(18)21(23)27/h1-6,12-15,18-19H,7-9H2/t12-,13-,14-,15-,18-,19+/m1/s1. The van der Waals surface area contributed by atoms with Crippen LogP contribution in [0.2, 0.25) is 0 Å². The van der Waals surface area contributed by atoms with E-state index in [-0.39, 0.29) is 41.3 Å².